The summed E-state index contributed by atoms with van der Waals surface area (Å²) in [5.74, 6) is -4.31. The summed E-state index contributed by atoms with van der Waals surface area (Å²) in [6, 6.07) is 10.8. The van der Waals surface area contributed by atoms with Crippen molar-refractivity contribution in [2.45, 2.75) is 25.7 Å². The molecule has 1 atom stereocenters. The first-order chi connectivity index (χ1) is 18.4. The molecule has 0 aliphatic heterocycles. The van der Waals surface area contributed by atoms with Gasteiger partial charge in [0, 0.05) is 11.8 Å². The van der Waals surface area contributed by atoms with E-state index in [0.29, 0.717) is 17.2 Å². The molecule has 4 aromatic rings. The Hall–Kier alpha value is -4.66. The third-order valence-corrected chi connectivity index (χ3v) is 6.41. The van der Waals surface area contributed by atoms with Crippen LogP contribution in [0.2, 0.25) is 0 Å². The van der Waals surface area contributed by atoms with Crippen molar-refractivity contribution < 1.29 is 31.1 Å². The molecular weight excluding hydrogens is 539 g/mol. The van der Waals surface area contributed by atoms with Gasteiger partial charge >= 0.3 is 5.76 Å². The normalized spacial score (nSPS) is 12.3. The maximum absolute atomic E-state index is 13.4. The van der Waals surface area contributed by atoms with Gasteiger partial charge < -0.3 is 15.8 Å². The minimum Gasteiger partial charge on any atom is -0.484 e. The third-order valence-electron chi connectivity index (χ3n) is 5.44. The molecule has 0 aliphatic carbocycles. The number of rotatable bonds is 10. The van der Waals surface area contributed by atoms with E-state index in [0.717, 1.165) is 0 Å². The van der Waals surface area contributed by atoms with Crippen LogP contribution in [0.5, 0.6) is 5.75 Å². The Labute approximate surface area is 220 Å². The number of nitrogens with zero attached hydrogens (tertiary/aromatic N) is 3. The lowest BCUT2D eigenvalue weighted by Gasteiger charge is -2.19. The molecule has 2 aromatic carbocycles. The molecule has 204 valence electrons. The summed E-state index contributed by atoms with van der Waals surface area (Å²) in [4.78, 5) is 20.6. The van der Waals surface area contributed by atoms with Crippen molar-refractivity contribution in [2.75, 3.05) is 10.0 Å². The van der Waals surface area contributed by atoms with E-state index in [2.05, 4.69) is 25.5 Å². The fourth-order valence-corrected chi connectivity index (χ4v) is 4.14. The van der Waals surface area contributed by atoms with E-state index < -0.39 is 33.6 Å². The lowest BCUT2D eigenvalue weighted by atomic mass is 10.1. The van der Waals surface area contributed by atoms with Crippen LogP contribution in [-0.4, -0.2) is 40.2 Å². The number of nitrogens with one attached hydrogen (secondary N) is 3. The van der Waals surface area contributed by atoms with Crippen LogP contribution >= 0.6 is 0 Å². The second-order valence-electron chi connectivity index (χ2n) is 8.23. The number of benzene rings is 2. The smallest absolute Gasteiger partial charge is 0.355 e. The number of anilines is 3. The van der Waals surface area contributed by atoms with Gasteiger partial charge in [0.15, 0.2) is 5.82 Å². The Kier molecular flexibility index (Phi) is 7.71. The lowest BCUT2D eigenvalue weighted by Crippen LogP contribution is -2.21. The van der Waals surface area contributed by atoms with Crippen LogP contribution in [-0.2, 0) is 10.0 Å². The molecule has 2 aromatic heterocycles. The first-order valence-corrected chi connectivity index (χ1v) is 12.8. The molecule has 5 N–H and O–H groups in total. The van der Waals surface area contributed by atoms with E-state index >= 15 is 0 Å². The fourth-order valence-electron chi connectivity index (χ4n) is 3.58. The van der Waals surface area contributed by atoms with E-state index in [9.17, 15) is 26.4 Å². The number of carbonyl (C=O) groups excluding carboxylic acids is 1. The monoisotopic (exact) mass is 561 g/mol. The number of alkyl halides is 2. The average Bonchev–Trinajstić information content (AvgIpc) is 3.29. The third kappa shape index (κ3) is 6.26. The summed E-state index contributed by atoms with van der Waals surface area (Å²) < 4.78 is 71.0. The summed E-state index contributed by atoms with van der Waals surface area (Å²) >= 11 is 0. The minimum absolute atomic E-state index is 0.0512. The fraction of sp³-hybridized carbons (Fsp3) is 0.167. The number of carbonyl (C=O) groups is 1. The highest BCUT2D eigenvalue weighted by Gasteiger charge is 2.27. The number of halogens is 3. The lowest BCUT2D eigenvalue weighted by molar-refractivity contribution is 0.100. The van der Waals surface area contributed by atoms with Crippen molar-refractivity contribution in [3.63, 3.8) is 0 Å². The van der Waals surface area contributed by atoms with E-state index in [1.807, 2.05) is 0 Å². The van der Waals surface area contributed by atoms with Gasteiger partial charge in [-0.1, -0.05) is 18.2 Å². The van der Waals surface area contributed by atoms with Gasteiger partial charge in [-0.2, -0.15) is 13.9 Å². The molecule has 0 aliphatic rings. The van der Waals surface area contributed by atoms with Gasteiger partial charge in [0.1, 0.15) is 34.9 Å². The van der Waals surface area contributed by atoms with Crippen molar-refractivity contribution in [3.8, 4) is 17.0 Å². The largest absolute Gasteiger partial charge is 0.484 e. The van der Waals surface area contributed by atoms with Crippen LogP contribution in [0.4, 0.5) is 30.5 Å². The molecule has 4 rings (SSSR count). The number of aromatic amines is 1. The summed E-state index contributed by atoms with van der Waals surface area (Å²) in [6.07, 6.45) is 0.749. The zero-order valence-corrected chi connectivity index (χ0v) is 21.3. The molecule has 0 saturated carbocycles. The van der Waals surface area contributed by atoms with Gasteiger partial charge in [-0.3, -0.25) is 14.6 Å². The van der Waals surface area contributed by atoms with Gasteiger partial charge in [-0.05, 0) is 49.7 Å². The quantitative estimate of drug-likeness (QED) is 0.223. The van der Waals surface area contributed by atoms with E-state index in [1.54, 1.807) is 24.6 Å². The molecule has 1 unspecified atom stereocenters. The molecule has 0 spiro atoms. The number of H-pyrrole nitrogens is 1. The Bertz CT molecular complexity index is 1610. The van der Waals surface area contributed by atoms with Crippen molar-refractivity contribution in [2.24, 2.45) is 5.73 Å². The molecule has 2 heterocycles. The zero-order valence-electron chi connectivity index (χ0n) is 20.4. The second-order valence-corrected chi connectivity index (χ2v) is 9.88. The summed E-state index contributed by atoms with van der Waals surface area (Å²) in [7, 11) is -5.04. The van der Waals surface area contributed by atoms with E-state index in [4.69, 9.17) is 10.5 Å². The van der Waals surface area contributed by atoms with Gasteiger partial charge in [-0.25, -0.2) is 22.8 Å². The summed E-state index contributed by atoms with van der Waals surface area (Å²) in [5, 5.41) is 9.69. The van der Waals surface area contributed by atoms with E-state index in [1.165, 1.54) is 48.7 Å². The number of hydrogen-bond acceptors (Lipinski definition) is 8. The molecule has 39 heavy (non-hydrogen) atoms. The zero-order chi connectivity index (χ0) is 28.3. The molecule has 0 bridgehead atoms. The summed E-state index contributed by atoms with van der Waals surface area (Å²) in [5.41, 5.74) is 6.21. The van der Waals surface area contributed by atoms with Crippen LogP contribution in [0.3, 0.4) is 0 Å². The first-order valence-electron chi connectivity index (χ1n) is 11.3. The molecule has 11 nitrogen and oxygen atoms in total. The number of primary amides is 1. The van der Waals surface area contributed by atoms with Crippen LogP contribution < -0.4 is 20.5 Å². The SMILES string of the molecule is Cc1nccc(Nc2n[nH]c(-c3ccc(NS(=O)(=O)C(F)F)c(OC(C)c4ccc(F)cc4)c3)c2C(N)=O)n1. The van der Waals surface area contributed by atoms with Gasteiger partial charge in [-0.15, -0.1) is 0 Å². The predicted molar refractivity (Wildman–Crippen MR) is 137 cm³/mol. The molecule has 0 radical (unpaired) electrons. The van der Waals surface area contributed by atoms with Gasteiger partial charge in [0.2, 0.25) is 0 Å². The highest BCUT2D eigenvalue weighted by molar-refractivity contribution is 7.93. The Morgan fingerprint density at radius 1 is 1.13 bits per heavy atom. The Balaban J connectivity index is 1.76. The number of amides is 1. The van der Waals surface area contributed by atoms with Crippen LogP contribution in [0, 0.1) is 12.7 Å². The minimum atomic E-state index is -5.04. The molecule has 1 amide bonds. The number of aromatic nitrogens is 4. The highest BCUT2D eigenvalue weighted by Crippen LogP contribution is 2.37. The molecular formula is C24H22F3N7O4S. The molecule has 15 heteroatoms. The van der Waals surface area contributed by atoms with Crippen molar-refractivity contribution in [3.05, 3.63) is 77.5 Å². The molecule has 0 saturated heterocycles. The number of hydrogen-bond donors (Lipinski definition) is 4. The van der Waals surface area contributed by atoms with Crippen molar-refractivity contribution in [1.29, 1.82) is 0 Å². The maximum atomic E-state index is 13.4. The topological polar surface area (TPSA) is 165 Å². The van der Waals surface area contributed by atoms with Crippen molar-refractivity contribution >= 4 is 33.3 Å². The average molecular weight is 562 g/mol. The van der Waals surface area contributed by atoms with Crippen molar-refractivity contribution in [1.82, 2.24) is 20.2 Å². The van der Waals surface area contributed by atoms with Crippen LogP contribution in [0.25, 0.3) is 11.3 Å². The second kappa shape index (κ2) is 11.0. The number of nitrogens with two attached hydrogens (primary N) is 1. The van der Waals surface area contributed by atoms with Crippen LogP contribution in [0.1, 0.15) is 34.8 Å². The predicted octanol–water partition coefficient (Wildman–Crippen LogP) is 4.26. The Morgan fingerprint density at radius 2 is 1.85 bits per heavy atom. The Morgan fingerprint density at radius 3 is 2.49 bits per heavy atom. The first kappa shape index (κ1) is 27.4. The van der Waals surface area contributed by atoms with Gasteiger partial charge in [0.05, 0.1) is 11.4 Å². The number of ether oxygens (including phenoxy) is 1. The molecule has 0 fully saturated rings. The maximum Gasteiger partial charge on any atom is 0.355 e. The number of aryl methyl sites for hydroxylation is 1. The van der Waals surface area contributed by atoms with Gasteiger partial charge in [0.25, 0.3) is 15.9 Å². The number of sulfonamides is 1. The highest BCUT2D eigenvalue weighted by atomic mass is 32.2. The van der Waals surface area contributed by atoms with E-state index in [-0.39, 0.29) is 34.1 Å². The summed E-state index contributed by atoms with van der Waals surface area (Å²) in [6.45, 7) is 3.27. The standard InChI is InChI=1S/C24H22F3N7O4S/c1-12(14-3-6-16(25)7-4-14)38-18-11-15(5-8-17(18)34-39(36,37)24(26)27)21-20(22(28)35)23(33-32-21)31-19-9-10-29-13(2)30-19/h3-12,24,34H,1-2H3,(H2,28,35)(H2,29,30,31,32,33). The van der Waals surface area contributed by atoms with Crippen LogP contribution in [0.15, 0.2) is 54.7 Å².